The van der Waals surface area contributed by atoms with Crippen LogP contribution in [0.1, 0.15) is 10.5 Å². The van der Waals surface area contributed by atoms with E-state index in [0.29, 0.717) is 22.0 Å². The van der Waals surface area contributed by atoms with Gasteiger partial charge in [0.05, 0.1) is 12.8 Å². The molecule has 0 bridgehead atoms. The molecule has 0 fully saturated rings. The molecule has 2 aromatic heterocycles. The van der Waals surface area contributed by atoms with Crippen LogP contribution in [0.3, 0.4) is 0 Å². The third kappa shape index (κ3) is 2.89. The number of hydrogen-bond donors (Lipinski definition) is 2. The fourth-order valence-electron chi connectivity index (χ4n) is 2.93. The second kappa shape index (κ2) is 6.82. The number of halogens is 1. The first-order valence-corrected chi connectivity index (χ1v) is 8.59. The van der Waals surface area contributed by atoms with Gasteiger partial charge in [0.1, 0.15) is 11.3 Å². The largest absolute Gasteiger partial charge is 0.495 e. The predicted octanol–water partition coefficient (Wildman–Crippen LogP) is 2.54. The molecule has 2 heterocycles. The van der Waals surface area contributed by atoms with Gasteiger partial charge in [-0.2, -0.15) is 0 Å². The molecule has 1 amide bonds. The fourth-order valence-corrected chi connectivity index (χ4v) is 3.06. The summed E-state index contributed by atoms with van der Waals surface area (Å²) in [5.74, 6) is -0.0746. The highest BCUT2D eigenvalue weighted by molar-refractivity contribution is 6.30. The maximum absolute atomic E-state index is 12.7. The van der Waals surface area contributed by atoms with Gasteiger partial charge in [0, 0.05) is 10.6 Å². The minimum Gasteiger partial charge on any atom is -0.495 e. The number of aromatic nitrogens is 4. The molecule has 8 nitrogen and oxygen atoms in total. The number of carbonyl (C=O) groups excluding carboxylic acids is 1. The lowest BCUT2D eigenvalue weighted by molar-refractivity contribution is 0.0997. The predicted molar refractivity (Wildman–Crippen MR) is 105 cm³/mol. The van der Waals surface area contributed by atoms with E-state index in [2.05, 4.69) is 15.0 Å². The van der Waals surface area contributed by atoms with Crippen LogP contribution in [0.25, 0.3) is 28.2 Å². The van der Waals surface area contributed by atoms with E-state index in [4.69, 9.17) is 22.1 Å². The van der Waals surface area contributed by atoms with Crippen molar-refractivity contribution in [2.75, 3.05) is 7.11 Å². The third-order valence-corrected chi connectivity index (χ3v) is 4.45. The number of benzene rings is 2. The second-order valence-electron chi connectivity index (χ2n) is 5.90. The van der Waals surface area contributed by atoms with Crippen molar-refractivity contribution in [3.8, 4) is 22.8 Å². The monoisotopic (exact) mass is 395 g/mol. The molecule has 0 aliphatic heterocycles. The van der Waals surface area contributed by atoms with E-state index in [0.717, 1.165) is 0 Å². The highest BCUT2D eigenvalue weighted by atomic mass is 35.5. The van der Waals surface area contributed by atoms with Gasteiger partial charge >= 0.3 is 5.69 Å². The Labute approximate surface area is 163 Å². The van der Waals surface area contributed by atoms with E-state index < -0.39 is 11.6 Å². The molecule has 4 rings (SSSR count). The molecule has 0 saturated heterocycles. The van der Waals surface area contributed by atoms with Crippen LogP contribution in [0.2, 0.25) is 5.02 Å². The maximum atomic E-state index is 12.7. The van der Waals surface area contributed by atoms with Crippen LogP contribution in [-0.4, -0.2) is 32.5 Å². The number of fused-ring (bicyclic) bond motifs is 1. The number of H-pyrrole nitrogens is 1. The number of carbonyl (C=O) groups is 1. The summed E-state index contributed by atoms with van der Waals surface area (Å²) >= 11 is 5.94. The standard InChI is InChI=1S/C19H14ClN5O3/c1-28-13-5-3-2-4-12(13)25-18-15(23-19(25)27)14(16(21)26)22-17(24-18)10-6-8-11(20)9-7-10/h2-9H,1H3,(H2,21,26)(H,23,27). The number of nitrogens with zero attached hydrogens (tertiary/aromatic N) is 3. The normalized spacial score (nSPS) is 10.9. The second-order valence-corrected chi connectivity index (χ2v) is 6.34. The molecule has 140 valence electrons. The van der Waals surface area contributed by atoms with Crippen LogP contribution < -0.4 is 16.2 Å². The summed E-state index contributed by atoms with van der Waals surface area (Å²) in [5, 5.41) is 0.549. The Kier molecular flexibility index (Phi) is 4.32. The minimum atomic E-state index is -0.781. The van der Waals surface area contributed by atoms with Crippen LogP contribution in [0.4, 0.5) is 0 Å². The van der Waals surface area contributed by atoms with Crippen LogP contribution in [0.15, 0.2) is 53.3 Å². The average molecular weight is 396 g/mol. The number of nitrogens with two attached hydrogens (primary N) is 1. The van der Waals surface area contributed by atoms with E-state index in [1.165, 1.54) is 11.7 Å². The van der Waals surface area contributed by atoms with Crippen molar-refractivity contribution in [2.24, 2.45) is 5.73 Å². The number of methoxy groups -OCH3 is 1. The van der Waals surface area contributed by atoms with Gasteiger partial charge in [-0.3, -0.25) is 4.79 Å². The van der Waals surface area contributed by atoms with Crippen LogP contribution in [0, 0.1) is 0 Å². The lowest BCUT2D eigenvalue weighted by Crippen LogP contribution is -2.16. The molecule has 0 saturated carbocycles. The maximum Gasteiger partial charge on any atom is 0.332 e. The van der Waals surface area contributed by atoms with Crippen LogP contribution in [0.5, 0.6) is 5.75 Å². The van der Waals surface area contributed by atoms with Crippen molar-refractivity contribution in [3.63, 3.8) is 0 Å². The number of hydrogen-bond acceptors (Lipinski definition) is 5. The number of amides is 1. The summed E-state index contributed by atoms with van der Waals surface area (Å²) in [7, 11) is 1.50. The van der Waals surface area contributed by atoms with Crippen molar-refractivity contribution in [1.29, 1.82) is 0 Å². The summed E-state index contributed by atoms with van der Waals surface area (Å²) < 4.78 is 6.68. The van der Waals surface area contributed by atoms with Gasteiger partial charge in [0.25, 0.3) is 5.91 Å². The smallest absolute Gasteiger partial charge is 0.332 e. The van der Waals surface area contributed by atoms with Crippen molar-refractivity contribution >= 4 is 28.7 Å². The van der Waals surface area contributed by atoms with Crippen molar-refractivity contribution in [3.05, 3.63) is 69.7 Å². The lowest BCUT2D eigenvalue weighted by atomic mass is 10.2. The number of imidazole rings is 1. The van der Waals surface area contributed by atoms with Crippen molar-refractivity contribution in [1.82, 2.24) is 19.5 Å². The summed E-state index contributed by atoms with van der Waals surface area (Å²) in [6.07, 6.45) is 0. The highest BCUT2D eigenvalue weighted by Crippen LogP contribution is 2.26. The molecular formula is C19H14ClN5O3. The lowest BCUT2D eigenvalue weighted by Gasteiger charge is -2.09. The van der Waals surface area contributed by atoms with Crippen LogP contribution in [-0.2, 0) is 0 Å². The van der Waals surface area contributed by atoms with E-state index in [9.17, 15) is 9.59 Å². The Balaban J connectivity index is 2.07. The van der Waals surface area contributed by atoms with E-state index in [-0.39, 0.29) is 22.7 Å². The summed E-state index contributed by atoms with van der Waals surface area (Å²) in [5.41, 5.74) is 6.37. The number of primary amides is 1. The molecule has 4 aromatic rings. The molecule has 0 unspecified atom stereocenters. The van der Waals surface area contributed by atoms with Gasteiger partial charge in [-0.15, -0.1) is 0 Å². The minimum absolute atomic E-state index is 0.0827. The first-order valence-electron chi connectivity index (χ1n) is 8.21. The first kappa shape index (κ1) is 17.7. The molecule has 0 spiro atoms. The topological polar surface area (TPSA) is 116 Å². The summed E-state index contributed by atoms with van der Waals surface area (Å²) in [6, 6.07) is 13.8. The van der Waals surface area contributed by atoms with Gasteiger partial charge in [-0.05, 0) is 36.4 Å². The van der Waals surface area contributed by atoms with Crippen molar-refractivity contribution < 1.29 is 9.53 Å². The van der Waals surface area contributed by atoms with Crippen molar-refractivity contribution in [2.45, 2.75) is 0 Å². The number of nitrogens with one attached hydrogen (secondary N) is 1. The number of ether oxygens (including phenoxy) is 1. The first-order chi connectivity index (χ1) is 13.5. The van der Waals surface area contributed by atoms with Gasteiger partial charge in [-0.25, -0.2) is 19.3 Å². The van der Waals surface area contributed by atoms with E-state index >= 15 is 0 Å². The average Bonchev–Trinajstić information content (AvgIpc) is 3.03. The Hall–Kier alpha value is -3.65. The molecule has 3 N–H and O–H groups in total. The van der Waals surface area contributed by atoms with Gasteiger partial charge in [0.2, 0.25) is 0 Å². The molecular weight excluding hydrogens is 382 g/mol. The molecule has 0 atom stereocenters. The van der Waals surface area contributed by atoms with Crippen LogP contribution >= 0.6 is 11.6 Å². The molecule has 0 aliphatic rings. The third-order valence-electron chi connectivity index (χ3n) is 4.20. The number of para-hydroxylation sites is 2. The number of rotatable bonds is 4. The Morgan fingerprint density at radius 3 is 2.54 bits per heavy atom. The Morgan fingerprint density at radius 1 is 1.14 bits per heavy atom. The summed E-state index contributed by atoms with van der Waals surface area (Å²) in [4.78, 5) is 36.0. The Bertz CT molecular complexity index is 1260. The van der Waals surface area contributed by atoms with E-state index in [1.807, 2.05) is 0 Å². The zero-order valence-electron chi connectivity index (χ0n) is 14.6. The quantitative estimate of drug-likeness (QED) is 0.550. The van der Waals surface area contributed by atoms with Gasteiger partial charge in [-0.1, -0.05) is 23.7 Å². The van der Waals surface area contributed by atoms with E-state index in [1.54, 1.807) is 48.5 Å². The molecule has 28 heavy (non-hydrogen) atoms. The molecule has 0 aliphatic carbocycles. The highest BCUT2D eigenvalue weighted by Gasteiger charge is 2.21. The van der Waals surface area contributed by atoms with Gasteiger partial charge < -0.3 is 15.5 Å². The zero-order valence-corrected chi connectivity index (χ0v) is 15.4. The summed E-state index contributed by atoms with van der Waals surface area (Å²) in [6.45, 7) is 0. The van der Waals surface area contributed by atoms with Gasteiger partial charge in [0.15, 0.2) is 17.2 Å². The fraction of sp³-hybridized carbons (Fsp3) is 0.0526. The molecule has 9 heteroatoms. The Morgan fingerprint density at radius 2 is 1.86 bits per heavy atom. The number of aromatic amines is 1. The zero-order chi connectivity index (χ0) is 19.8. The molecule has 2 aromatic carbocycles. The molecule has 0 radical (unpaired) electrons. The SMILES string of the molecule is COc1ccccc1-n1c(=O)[nH]c2c(C(N)=O)nc(-c3ccc(Cl)cc3)nc21.